The van der Waals surface area contributed by atoms with E-state index in [-0.39, 0.29) is 41.9 Å². The fourth-order valence-electron chi connectivity index (χ4n) is 4.35. The molecule has 8 nitrogen and oxygen atoms in total. The zero-order valence-electron chi connectivity index (χ0n) is 18.2. The van der Waals surface area contributed by atoms with Crippen LogP contribution < -0.4 is 10.6 Å². The Kier molecular flexibility index (Phi) is 11.2. The van der Waals surface area contributed by atoms with Crippen molar-refractivity contribution in [3.8, 4) is 0 Å². The summed E-state index contributed by atoms with van der Waals surface area (Å²) < 4.78 is 5.53. The van der Waals surface area contributed by atoms with E-state index >= 15 is 0 Å². The number of nitrogens with zero attached hydrogens (tertiary/aromatic N) is 3. The molecule has 0 bridgehead atoms. The van der Waals surface area contributed by atoms with Crippen LogP contribution >= 0.6 is 24.0 Å². The summed E-state index contributed by atoms with van der Waals surface area (Å²) >= 11 is 0. The van der Waals surface area contributed by atoms with Crippen LogP contribution in [0, 0.1) is 0 Å². The van der Waals surface area contributed by atoms with E-state index in [1.54, 1.807) is 0 Å². The lowest BCUT2D eigenvalue weighted by atomic mass is 9.95. The molecule has 1 atom stereocenters. The van der Waals surface area contributed by atoms with Gasteiger partial charge in [-0.1, -0.05) is 19.3 Å². The van der Waals surface area contributed by atoms with Crippen LogP contribution in [0.3, 0.4) is 0 Å². The van der Waals surface area contributed by atoms with Crippen molar-refractivity contribution in [3.63, 3.8) is 0 Å². The van der Waals surface area contributed by atoms with Gasteiger partial charge in [0.25, 0.3) is 5.91 Å². The van der Waals surface area contributed by atoms with E-state index in [1.807, 2.05) is 11.8 Å². The third-order valence-electron chi connectivity index (χ3n) is 6.00. The average Bonchev–Trinajstić information content (AvgIpc) is 3.28. The molecule has 0 aromatic rings. The molecule has 2 heterocycles. The minimum absolute atomic E-state index is 0. The number of carbonyl (C=O) groups is 2. The van der Waals surface area contributed by atoms with Crippen LogP contribution in [0.5, 0.6) is 0 Å². The van der Waals surface area contributed by atoms with Gasteiger partial charge in [0.2, 0.25) is 5.91 Å². The van der Waals surface area contributed by atoms with Gasteiger partial charge in [0.15, 0.2) is 5.96 Å². The summed E-state index contributed by atoms with van der Waals surface area (Å²) in [5.41, 5.74) is 0. The van der Waals surface area contributed by atoms with Gasteiger partial charge in [0, 0.05) is 51.8 Å². The van der Waals surface area contributed by atoms with E-state index in [4.69, 9.17) is 4.74 Å². The van der Waals surface area contributed by atoms with Gasteiger partial charge in [-0.25, -0.2) is 0 Å². The number of carbonyl (C=O) groups excluding carboxylic acids is 2. The number of hydrogen-bond donors (Lipinski definition) is 2. The van der Waals surface area contributed by atoms with Crippen LogP contribution in [-0.4, -0.2) is 85.6 Å². The van der Waals surface area contributed by atoms with Crippen molar-refractivity contribution in [1.82, 2.24) is 20.4 Å². The number of aliphatic imine (C=N–C) groups is 1. The lowest BCUT2D eigenvalue weighted by molar-refractivity contribution is -0.142. The molecule has 1 unspecified atom stereocenters. The SMILES string of the molecule is CCNC(=NCCC(=O)NC1CCCCC1)N1CCN(C(=O)C2CCCO2)CC1.I. The molecule has 1 aliphatic carbocycles. The number of nitrogens with one attached hydrogen (secondary N) is 2. The fourth-order valence-corrected chi connectivity index (χ4v) is 4.35. The molecule has 30 heavy (non-hydrogen) atoms. The Bertz CT molecular complexity index is 569. The van der Waals surface area contributed by atoms with E-state index in [1.165, 1.54) is 19.3 Å². The zero-order valence-corrected chi connectivity index (χ0v) is 20.6. The van der Waals surface area contributed by atoms with Crippen LogP contribution in [0.2, 0.25) is 0 Å². The first kappa shape index (κ1) is 25.2. The van der Waals surface area contributed by atoms with Gasteiger partial charge in [-0.05, 0) is 32.6 Å². The molecule has 1 saturated carbocycles. The second kappa shape index (κ2) is 13.3. The van der Waals surface area contributed by atoms with Crippen molar-refractivity contribution in [2.24, 2.45) is 4.99 Å². The topological polar surface area (TPSA) is 86.3 Å². The molecule has 0 aromatic heterocycles. The van der Waals surface area contributed by atoms with Crippen molar-refractivity contribution in [2.75, 3.05) is 45.9 Å². The molecule has 9 heteroatoms. The van der Waals surface area contributed by atoms with Gasteiger partial charge in [-0.3, -0.25) is 14.6 Å². The molecule has 0 spiro atoms. The maximum Gasteiger partial charge on any atom is 0.251 e. The fraction of sp³-hybridized carbons (Fsp3) is 0.857. The number of piperazine rings is 1. The predicted octanol–water partition coefficient (Wildman–Crippen LogP) is 1.73. The first-order valence-electron chi connectivity index (χ1n) is 11.4. The minimum atomic E-state index is -0.244. The second-order valence-electron chi connectivity index (χ2n) is 8.20. The smallest absolute Gasteiger partial charge is 0.251 e. The molecule has 172 valence electrons. The lowest BCUT2D eigenvalue weighted by Gasteiger charge is -2.37. The highest BCUT2D eigenvalue weighted by molar-refractivity contribution is 14.0. The Balaban J connectivity index is 0.00000320. The van der Waals surface area contributed by atoms with Crippen LogP contribution in [-0.2, 0) is 14.3 Å². The number of rotatable bonds is 6. The third kappa shape index (κ3) is 7.55. The highest BCUT2D eigenvalue weighted by Crippen LogP contribution is 2.18. The molecule has 0 aromatic carbocycles. The van der Waals surface area contributed by atoms with Gasteiger partial charge in [-0.15, -0.1) is 24.0 Å². The van der Waals surface area contributed by atoms with Gasteiger partial charge in [0.1, 0.15) is 6.10 Å². The summed E-state index contributed by atoms with van der Waals surface area (Å²) in [5, 5.41) is 6.47. The van der Waals surface area contributed by atoms with Gasteiger partial charge in [0.05, 0.1) is 6.54 Å². The van der Waals surface area contributed by atoms with Gasteiger partial charge in [-0.2, -0.15) is 0 Å². The number of amides is 2. The summed E-state index contributed by atoms with van der Waals surface area (Å²) in [6.07, 6.45) is 7.92. The summed E-state index contributed by atoms with van der Waals surface area (Å²) in [6.45, 7) is 6.87. The van der Waals surface area contributed by atoms with Crippen molar-refractivity contribution >= 4 is 41.8 Å². The number of ether oxygens (including phenoxy) is 1. The Hall–Kier alpha value is -1.10. The summed E-state index contributed by atoms with van der Waals surface area (Å²) in [6, 6.07) is 0.350. The quantitative estimate of drug-likeness (QED) is 0.308. The molecule has 2 N–H and O–H groups in total. The summed E-state index contributed by atoms with van der Waals surface area (Å²) in [7, 11) is 0. The normalized spacial score (nSPS) is 23.1. The summed E-state index contributed by atoms with van der Waals surface area (Å²) in [4.78, 5) is 33.5. The first-order chi connectivity index (χ1) is 14.2. The van der Waals surface area contributed by atoms with Crippen LogP contribution in [0.25, 0.3) is 0 Å². The number of guanidine groups is 1. The Morgan fingerprint density at radius 3 is 2.33 bits per heavy atom. The third-order valence-corrected chi connectivity index (χ3v) is 6.00. The van der Waals surface area contributed by atoms with Crippen LogP contribution in [0.15, 0.2) is 4.99 Å². The molecule has 0 radical (unpaired) electrons. The van der Waals surface area contributed by atoms with E-state index in [9.17, 15) is 9.59 Å². The largest absolute Gasteiger partial charge is 0.368 e. The minimum Gasteiger partial charge on any atom is -0.368 e. The van der Waals surface area contributed by atoms with E-state index < -0.39 is 0 Å². The van der Waals surface area contributed by atoms with Crippen LogP contribution in [0.4, 0.5) is 0 Å². The van der Waals surface area contributed by atoms with E-state index in [2.05, 4.69) is 20.5 Å². The highest BCUT2D eigenvalue weighted by Gasteiger charge is 2.30. The molecule has 3 aliphatic rings. The average molecular weight is 535 g/mol. The van der Waals surface area contributed by atoms with E-state index in [0.717, 1.165) is 51.3 Å². The Morgan fingerprint density at radius 1 is 1.00 bits per heavy atom. The van der Waals surface area contributed by atoms with Gasteiger partial charge >= 0.3 is 0 Å². The van der Waals surface area contributed by atoms with Crippen LogP contribution in [0.1, 0.15) is 58.3 Å². The van der Waals surface area contributed by atoms with Gasteiger partial charge < -0.3 is 25.2 Å². The maximum absolute atomic E-state index is 12.5. The summed E-state index contributed by atoms with van der Waals surface area (Å²) in [5.74, 6) is 1.06. The monoisotopic (exact) mass is 535 g/mol. The molecular weight excluding hydrogens is 497 g/mol. The zero-order chi connectivity index (χ0) is 20.5. The second-order valence-corrected chi connectivity index (χ2v) is 8.20. The molecule has 2 saturated heterocycles. The molecule has 2 amide bonds. The molecule has 3 rings (SSSR count). The standard InChI is InChI=1S/C21H37N5O3.HI/c1-2-22-21(23-11-10-19(27)24-17-7-4-3-5-8-17)26-14-12-25(13-15-26)20(28)18-9-6-16-29-18;/h17-18H,2-16H2,1H3,(H,22,23)(H,24,27);1H. The van der Waals surface area contributed by atoms with E-state index in [0.29, 0.717) is 38.7 Å². The number of hydrogen-bond acceptors (Lipinski definition) is 4. The van der Waals surface area contributed by atoms with Crippen molar-refractivity contribution in [1.29, 1.82) is 0 Å². The van der Waals surface area contributed by atoms with Crippen molar-refractivity contribution < 1.29 is 14.3 Å². The lowest BCUT2D eigenvalue weighted by Crippen LogP contribution is -2.55. The number of halogens is 1. The maximum atomic E-state index is 12.5. The van der Waals surface area contributed by atoms with Crippen molar-refractivity contribution in [3.05, 3.63) is 0 Å². The first-order valence-corrected chi connectivity index (χ1v) is 11.4. The predicted molar refractivity (Wildman–Crippen MR) is 128 cm³/mol. The Labute approximate surface area is 197 Å². The highest BCUT2D eigenvalue weighted by atomic mass is 127. The molecular formula is C21H38IN5O3. The molecule has 2 aliphatic heterocycles. The Morgan fingerprint density at radius 2 is 1.70 bits per heavy atom. The molecule has 3 fully saturated rings. The van der Waals surface area contributed by atoms with Crippen molar-refractivity contribution in [2.45, 2.75) is 70.4 Å².